The molecule has 0 aliphatic carbocycles. The number of aryl methyl sites for hydroxylation is 3. The van der Waals surface area contributed by atoms with E-state index in [1.165, 1.54) is 0 Å². The summed E-state index contributed by atoms with van der Waals surface area (Å²) in [6.07, 6.45) is 1.72. The van der Waals surface area contributed by atoms with E-state index >= 15 is 0 Å². The van der Waals surface area contributed by atoms with E-state index < -0.39 is 10.0 Å². The van der Waals surface area contributed by atoms with E-state index in [4.69, 9.17) is 0 Å². The van der Waals surface area contributed by atoms with Gasteiger partial charge in [0, 0.05) is 11.0 Å². The molecule has 21 heavy (non-hydrogen) atoms. The lowest BCUT2D eigenvalue weighted by molar-refractivity contribution is 0.508. The smallest absolute Gasteiger partial charge is 0.207 e. The van der Waals surface area contributed by atoms with Gasteiger partial charge >= 0.3 is 0 Å². The average molecular weight is 372 g/mol. The number of nitrogens with one attached hydrogen (secondary N) is 1. The highest BCUT2D eigenvalue weighted by molar-refractivity contribution is 9.11. The fraction of sp³-hybridized carbons (Fsp3) is 0.438. The number of benzene rings is 1. The summed E-state index contributed by atoms with van der Waals surface area (Å²) >= 11 is 3.14. The van der Waals surface area contributed by atoms with Crippen molar-refractivity contribution in [2.45, 2.75) is 45.6 Å². The second-order valence-electron chi connectivity index (χ2n) is 5.56. The minimum Gasteiger partial charge on any atom is -0.207 e. The second kappa shape index (κ2) is 7.41. The minimum atomic E-state index is -3.56. The van der Waals surface area contributed by atoms with Gasteiger partial charge in [0.1, 0.15) is 0 Å². The van der Waals surface area contributed by atoms with Crippen molar-refractivity contribution < 1.29 is 8.42 Å². The SMILES string of the molecule is Cc1cc(C)c(S(=O)(=O)N[C@H](C=C=CBr)C(C)C)c(C)c1. The van der Waals surface area contributed by atoms with E-state index in [0.29, 0.717) is 4.90 Å². The quantitative estimate of drug-likeness (QED) is 0.795. The Morgan fingerprint density at radius 3 is 2.14 bits per heavy atom. The lowest BCUT2D eigenvalue weighted by Crippen LogP contribution is -2.37. The molecule has 0 fully saturated rings. The molecular weight excluding hydrogens is 350 g/mol. The zero-order valence-corrected chi connectivity index (χ0v) is 15.5. The maximum atomic E-state index is 12.7. The number of hydrogen-bond acceptors (Lipinski definition) is 2. The van der Waals surface area contributed by atoms with Crippen molar-refractivity contribution >= 4 is 26.0 Å². The van der Waals surface area contributed by atoms with Crippen LogP contribution in [0.2, 0.25) is 0 Å². The summed E-state index contributed by atoms with van der Waals surface area (Å²) < 4.78 is 28.1. The van der Waals surface area contributed by atoms with Crippen molar-refractivity contribution in [1.29, 1.82) is 0 Å². The van der Waals surface area contributed by atoms with Crippen LogP contribution in [-0.4, -0.2) is 14.5 Å². The van der Waals surface area contributed by atoms with Gasteiger partial charge in [-0.05, 0) is 43.9 Å². The summed E-state index contributed by atoms with van der Waals surface area (Å²) in [7, 11) is -3.56. The molecule has 0 radical (unpaired) electrons. The summed E-state index contributed by atoms with van der Waals surface area (Å²) in [4.78, 5) is 1.95. The van der Waals surface area contributed by atoms with Gasteiger partial charge in [0.25, 0.3) is 0 Å². The van der Waals surface area contributed by atoms with Gasteiger partial charge in [0.2, 0.25) is 10.0 Å². The van der Waals surface area contributed by atoms with Crippen molar-refractivity contribution in [3.05, 3.63) is 45.6 Å². The second-order valence-corrected chi connectivity index (χ2v) is 7.67. The molecular formula is C16H22BrNO2S. The molecule has 0 aliphatic rings. The van der Waals surface area contributed by atoms with Crippen LogP contribution in [0.4, 0.5) is 0 Å². The number of halogens is 1. The molecule has 0 saturated carbocycles. The minimum absolute atomic E-state index is 0.130. The Bertz CT molecular complexity index is 649. The van der Waals surface area contributed by atoms with Crippen molar-refractivity contribution in [3.8, 4) is 0 Å². The molecule has 3 nitrogen and oxygen atoms in total. The van der Waals surface area contributed by atoms with Gasteiger partial charge in [-0.1, -0.05) is 47.5 Å². The summed E-state index contributed by atoms with van der Waals surface area (Å²) in [5.74, 6) is 0.130. The van der Waals surface area contributed by atoms with E-state index in [1.54, 1.807) is 11.1 Å². The van der Waals surface area contributed by atoms with Crippen LogP contribution >= 0.6 is 15.9 Å². The number of hydrogen-bond donors (Lipinski definition) is 1. The van der Waals surface area contributed by atoms with E-state index in [1.807, 2.05) is 46.8 Å². The Hall–Kier alpha value is -0.870. The van der Waals surface area contributed by atoms with Gasteiger partial charge in [-0.3, -0.25) is 0 Å². The largest absolute Gasteiger partial charge is 0.241 e. The highest BCUT2D eigenvalue weighted by Crippen LogP contribution is 2.22. The van der Waals surface area contributed by atoms with Crippen LogP contribution in [0.5, 0.6) is 0 Å². The maximum Gasteiger partial charge on any atom is 0.241 e. The molecule has 116 valence electrons. The van der Waals surface area contributed by atoms with Crippen molar-refractivity contribution in [1.82, 2.24) is 4.72 Å². The first-order valence-corrected chi connectivity index (χ1v) is 9.20. The summed E-state index contributed by atoms with van der Waals surface area (Å²) in [6.45, 7) is 9.55. The summed E-state index contributed by atoms with van der Waals surface area (Å²) in [5.41, 5.74) is 5.48. The number of sulfonamides is 1. The number of rotatable bonds is 5. The van der Waals surface area contributed by atoms with E-state index in [0.717, 1.165) is 16.7 Å². The predicted molar refractivity (Wildman–Crippen MR) is 91.2 cm³/mol. The first-order chi connectivity index (χ1) is 9.69. The molecule has 1 aromatic rings. The van der Waals surface area contributed by atoms with E-state index in [9.17, 15) is 8.42 Å². The molecule has 0 aliphatic heterocycles. The molecule has 0 aromatic heterocycles. The van der Waals surface area contributed by atoms with Gasteiger partial charge < -0.3 is 0 Å². The van der Waals surface area contributed by atoms with Crippen LogP contribution in [0.1, 0.15) is 30.5 Å². The Morgan fingerprint density at radius 2 is 1.71 bits per heavy atom. The molecule has 1 atom stereocenters. The first-order valence-electron chi connectivity index (χ1n) is 6.80. The molecule has 0 heterocycles. The Kier molecular flexibility index (Phi) is 6.41. The van der Waals surface area contributed by atoms with Crippen LogP contribution in [0.15, 0.2) is 33.8 Å². The molecule has 1 aromatic carbocycles. The molecule has 0 amide bonds. The van der Waals surface area contributed by atoms with E-state index in [-0.39, 0.29) is 12.0 Å². The third-order valence-corrected chi connectivity index (χ3v) is 5.25. The van der Waals surface area contributed by atoms with Gasteiger partial charge in [-0.2, -0.15) is 0 Å². The van der Waals surface area contributed by atoms with E-state index in [2.05, 4.69) is 26.4 Å². The van der Waals surface area contributed by atoms with Crippen molar-refractivity contribution in [2.75, 3.05) is 0 Å². The zero-order chi connectivity index (χ0) is 16.2. The maximum absolute atomic E-state index is 12.7. The van der Waals surface area contributed by atoms with Crippen LogP contribution in [0.25, 0.3) is 0 Å². The Balaban J connectivity index is 3.26. The topological polar surface area (TPSA) is 46.2 Å². The van der Waals surface area contributed by atoms with Gasteiger partial charge in [-0.15, -0.1) is 5.73 Å². The van der Waals surface area contributed by atoms with Crippen LogP contribution in [-0.2, 0) is 10.0 Å². The van der Waals surface area contributed by atoms with Crippen molar-refractivity contribution in [2.24, 2.45) is 5.92 Å². The summed E-state index contributed by atoms with van der Waals surface area (Å²) in [6, 6.07) is 3.48. The molecule has 0 spiro atoms. The van der Waals surface area contributed by atoms with Crippen LogP contribution < -0.4 is 4.72 Å². The molecule has 0 unspecified atom stereocenters. The normalized spacial score (nSPS) is 12.9. The highest BCUT2D eigenvalue weighted by atomic mass is 79.9. The zero-order valence-electron chi connectivity index (χ0n) is 13.1. The fourth-order valence-corrected chi connectivity index (χ4v) is 4.27. The molecule has 1 N–H and O–H groups in total. The third kappa shape index (κ3) is 4.82. The summed E-state index contributed by atoms with van der Waals surface area (Å²) in [5, 5.41) is 0. The Labute approximate surface area is 136 Å². The highest BCUT2D eigenvalue weighted by Gasteiger charge is 2.24. The van der Waals surface area contributed by atoms with Gasteiger partial charge in [0.15, 0.2) is 0 Å². The van der Waals surface area contributed by atoms with Crippen LogP contribution in [0, 0.1) is 26.7 Å². The molecule has 5 heteroatoms. The predicted octanol–water partition coefficient (Wildman–Crippen LogP) is 3.98. The van der Waals surface area contributed by atoms with Gasteiger partial charge in [0.05, 0.1) is 4.90 Å². The lowest BCUT2D eigenvalue weighted by Gasteiger charge is -2.20. The average Bonchev–Trinajstić information content (AvgIpc) is 2.32. The molecule has 0 saturated heterocycles. The monoisotopic (exact) mass is 371 g/mol. The Morgan fingerprint density at radius 1 is 1.19 bits per heavy atom. The lowest BCUT2D eigenvalue weighted by atomic mass is 10.1. The molecule has 0 bridgehead atoms. The molecule has 1 rings (SSSR count). The fourth-order valence-electron chi connectivity index (χ4n) is 2.33. The van der Waals surface area contributed by atoms with Gasteiger partial charge in [-0.25, -0.2) is 13.1 Å². The van der Waals surface area contributed by atoms with Crippen molar-refractivity contribution in [3.63, 3.8) is 0 Å². The standard InChI is InChI=1S/C16H22BrNO2S/c1-11(2)15(7-6-8-17)18-21(19,20)16-13(4)9-12(3)10-14(16)5/h7-11,15,18H,1-5H3/t6?,15-/m1/s1. The third-order valence-electron chi connectivity index (χ3n) is 3.22. The first kappa shape index (κ1) is 18.2. The van der Waals surface area contributed by atoms with Crippen LogP contribution in [0.3, 0.4) is 0 Å².